The number of hydrogen-bond acceptors (Lipinski definition) is 4. The Morgan fingerprint density at radius 2 is 1.73 bits per heavy atom. The van der Waals surface area contributed by atoms with Crippen molar-refractivity contribution in [2.24, 2.45) is 0 Å². The summed E-state index contributed by atoms with van der Waals surface area (Å²) in [6, 6.07) is 1.87. The van der Waals surface area contributed by atoms with Crippen molar-refractivity contribution >= 4 is 17.4 Å². The summed E-state index contributed by atoms with van der Waals surface area (Å²) in [4.78, 5) is 26.2. The van der Waals surface area contributed by atoms with Gasteiger partial charge in [0.05, 0.1) is 24.3 Å². The zero-order valence-electron chi connectivity index (χ0n) is 13.6. The van der Waals surface area contributed by atoms with E-state index < -0.39 is 0 Å². The molecule has 118 valence electrons. The minimum Gasteiger partial charge on any atom is -0.466 e. The number of allylic oxidation sites excluding steroid dienone is 2. The lowest BCUT2D eigenvalue weighted by Gasteiger charge is -2.10. The number of aliphatic hydroxyl groups is 1. The molecule has 22 heavy (non-hydrogen) atoms. The van der Waals surface area contributed by atoms with Crippen molar-refractivity contribution in [1.29, 1.82) is 0 Å². The van der Waals surface area contributed by atoms with Gasteiger partial charge in [0.1, 0.15) is 11.5 Å². The van der Waals surface area contributed by atoms with Gasteiger partial charge in [-0.05, 0) is 46.3 Å². The highest BCUT2D eigenvalue weighted by Crippen LogP contribution is 2.35. The molecular formula is C17H21NO4. The molecule has 0 aliphatic carbocycles. The number of aryl methyl sites for hydroxylation is 2. The zero-order chi connectivity index (χ0) is 16.6. The van der Waals surface area contributed by atoms with Gasteiger partial charge in [0.25, 0.3) is 11.8 Å². The molecule has 0 saturated carbocycles. The molecule has 1 aromatic heterocycles. The van der Waals surface area contributed by atoms with Crippen LogP contribution in [0.25, 0.3) is 5.57 Å². The third kappa shape index (κ3) is 2.52. The number of β-amino-alcohol motifs (C(OH)–C–C–N with tert-alkyl or cyclic N) is 1. The average Bonchev–Trinajstić information content (AvgIpc) is 2.89. The third-order valence-electron chi connectivity index (χ3n) is 3.81. The molecule has 1 aromatic rings. The molecule has 0 aromatic carbocycles. The number of carbonyl (C=O) groups excluding carboxylic acids is 2. The first-order chi connectivity index (χ1) is 10.3. The summed E-state index contributed by atoms with van der Waals surface area (Å²) in [5.41, 5.74) is 3.17. The fourth-order valence-electron chi connectivity index (χ4n) is 2.83. The number of furan rings is 1. The summed E-state index contributed by atoms with van der Waals surface area (Å²) in [6.07, 6.45) is 0. The monoisotopic (exact) mass is 303 g/mol. The quantitative estimate of drug-likeness (QED) is 0.687. The Hall–Kier alpha value is -2.14. The molecule has 2 heterocycles. The first kappa shape index (κ1) is 16.2. The molecule has 0 bridgehead atoms. The van der Waals surface area contributed by atoms with Gasteiger partial charge in [-0.3, -0.25) is 14.5 Å². The second-order valence-corrected chi connectivity index (χ2v) is 5.69. The van der Waals surface area contributed by atoms with Gasteiger partial charge in [-0.1, -0.05) is 5.57 Å². The number of aliphatic hydroxyl groups excluding tert-OH is 1. The summed E-state index contributed by atoms with van der Waals surface area (Å²) in [5.74, 6) is 0.781. The minimum atomic E-state index is -0.356. The van der Waals surface area contributed by atoms with Gasteiger partial charge in [0.2, 0.25) is 0 Å². The van der Waals surface area contributed by atoms with Crippen molar-refractivity contribution in [2.75, 3.05) is 13.2 Å². The number of hydrogen-bond donors (Lipinski definition) is 1. The predicted octanol–water partition coefficient (Wildman–Crippen LogP) is 2.37. The van der Waals surface area contributed by atoms with Crippen LogP contribution in [0, 0.1) is 13.8 Å². The van der Waals surface area contributed by atoms with Gasteiger partial charge >= 0.3 is 0 Å². The van der Waals surface area contributed by atoms with Crippen molar-refractivity contribution < 1.29 is 19.1 Å². The Balaban J connectivity index is 2.67. The molecule has 1 fully saturated rings. The van der Waals surface area contributed by atoms with Crippen molar-refractivity contribution in [3.8, 4) is 0 Å². The summed E-state index contributed by atoms with van der Waals surface area (Å²) in [6.45, 7) is 8.88. The minimum absolute atomic E-state index is 0.00856. The first-order valence-electron chi connectivity index (χ1n) is 7.22. The number of nitrogens with zero attached hydrogens (tertiary/aromatic N) is 1. The molecule has 5 heteroatoms. The molecule has 1 saturated heterocycles. The molecule has 1 aliphatic heterocycles. The third-order valence-corrected chi connectivity index (χ3v) is 3.81. The highest BCUT2D eigenvalue weighted by Gasteiger charge is 2.40. The summed E-state index contributed by atoms with van der Waals surface area (Å²) in [7, 11) is 0. The van der Waals surface area contributed by atoms with Crippen LogP contribution in [0.5, 0.6) is 0 Å². The van der Waals surface area contributed by atoms with Gasteiger partial charge in [0.15, 0.2) is 0 Å². The summed E-state index contributed by atoms with van der Waals surface area (Å²) >= 11 is 0. The highest BCUT2D eigenvalue weighted by atomic mass is 16.3. The molecule has 1 aliphatic rings. The standard InChI is InChI=1S/C17H21NO4/c1-9(2)14-15(17(21)18(6-7-19)16(14)20)11(4)13-8-10(3)22-12(13)5/h8,19H,6-7H2,1-5H3. The first-order valence-corrected chi connectivity index (χ1v) is 7.22. The van der Waals surface area contributed by atoms with Crippen molar-refractivity contribution in [2.45, 2.75) is 34.6 Å². The maximum Gasteiger partial charge on any atom is 0.261 e. The van der Waals surface area contributed by atoms with Crippen molar-refractivity contribution in [3.63, 3.8) is 0 Å². The van der Waals surface area contributed by atoms with E-state index in [1.165, 1.54) is 0 Å². The van der Waals surface area contributed by atoms with Crippen LogP contribution >= 0.6 is 0 Å². The van der Waals surface area contributed by atoms with E-state index >= 15 is 0 Å². The lowest BCUT2D eigenvalue weighted by Crippen LogP contribution is -2.32. The van der Waals surface area contributed by atoms with Crippen LogP contribution in [0.2, 0.25) is 0 Å². The van der Waals surface area contributed by atoms with E-state index in [0.717, 1.165) is 33.1 Å². The van der Waals surface area contributed by atoms with E-state index in [-0.39, 0.29) is 25.0 Å². The van der Waals surface area contributed by atoms with Crippen LogP contribution in [0.1, 0.15) is 37.9 Å². The van der Waals surface area contributed by atoms with Gasteiger partial charge in [0, 0.05) is 5.56 Å². The number of likely N-dealkylation sites (tertiary alicyclic amines) is 1. The van der Waals surface area contributed by atoms with E-state index in [1.54, 1.807) is 0 Å². The molecule has 1 N–H and O–H groups in total. The molecule has 2 rings (SSSR count). The Bertz CT molecular complexity index is 702. The van der Waals surface area contributed by atoms with E-state index in [0.29, 0.717) is 11.1 Å². The second kappa shape index (κ2) is 5.93. The topological polar surface area (TPSA) is 70.8 Å². The molecular weight excluding hydrogens is 282 g/mol. The Morgan fingerprint density at radius 1 is 1.14 bits per heavy atom. The molecule has 0 atom stereocenters. The van der Waals surface area contributed by atoms with Gasteiger partial charge < -0.3 is 9.52 Å². The SMILES string of the molecule is CC(C)=C1C(=O)N(CCO)C(=O)C1=C(C)c1cc(C)oc1C. The highest BCUT2D eigenvalue weighted by molar-refractivity contribution is 6.27. The Kier molecular flexibility index (Phi) is 4.37. The number of imide groups is 1. The summed E-state index contributed by atoms with van der Waals surface area (Å²) in [5, 5.41) is 9.08. The molecule has 5 nitrogen and oxygen atoms in total. The largest absolute Gasteiger partial charge is 0.466 e. The smallest absolute Gasteiger partial charge is 0.261 e. The van der Waals surface area contributed by atoms with Crippen LogP contribution in [0.3, 0.4) is 0 Å². The Labute approximate surface area is 129 Å². The zero-order valence-corrected chi connectivity index (χ0v) is 13.6. The molecule has 0 unspecified atom stereocenters. The van der Waals surface area contributed by atoms with E-state index in [1.807, 2.05) is 40.7 Å². The Morgan fingerprint density at radius 3 is 2.18 bits per heavy atom. The van der Waals surface area contributed by atoms with Crippen LogP contribution in [0.4, 0.5) is 0 Å². The second-order valence-electron chi connectivity index (χ2n) is 5.69. The van der Waals surface area contributed by atoms with Crippen molar-refractivity contribution in [1.82, 2.24) is 4.90 Å². The van der Waals surface area contributed by atoms with Crippen molar-refractivity contribution in [3.05, 3.63) is 39.9 Å². The lowest BCUT2D eigenvalue weighted by atomic mass is 9.95. The number of amides is 2. The van der Waals surface area contributed by atoms with E-state index in [9.17, 15) is 9.59 Å². The van der Waals surface area contributed by atoms with E-state index in [2.05, 4.69) is 0 Å². The predicted molar refractivity (Wildman–Crippen MR) is 83.0 cm³/mol. The van der Waals surface area contributed by atoms with Crippen LogP contribution in [0.15, 0.2) is 27.2 Å². The van der Waals surface area contributed by atoms with E-state index in [4.69, 9.17) is 9.52 Å². The van der Waals surface area contributed by atoms with Gasteiger partial charge in [-0.2, -0.15) is 0 Å². The average molecular weight is 303 g/mol. The summed E-state index contributed by atoms with van der Waals surface area (Å²) < 4.78 is 5.53. The lowest BCUT2D eigenvalue weighted by molar-refractivity contribution is -0.137. The fourth-order valence-corrected chi connectivity index (χ4v) is 2.83. The van der Waals surface area contributed by atoms with Gasteiger partial charge in [-0.15, -0.1) is 0 Å². The van der Waals surface area contributed by atoms with Gasteiger partial charge in [-0.25, -0.2) is 0 Å². The number of carbonyl (C=O) groups is 2. The van der Waals surface area contributed by atoms with Crippen LogP contribution in [-0.2, 0) is 9.59 Å². The fraction of sp³-hybridized carbons (Fsp3) is 0.412. The molecule has 0 radical (unpaired) electrons. The molecule has 0 spiro atoms. The normalized spacial score (nSPS) is 17.5. The van der Waals surface area contributed by atoms with Crippen LogP contribution in [-0.4, -0.2) is 35.0 Å². The molecule has 2 amide bonds. The number of rotatable bonds is 3. The maximum atomic E-state index is 12.6. The maximum absolute atomic E-state index is 12.6. The van der Waals surface area contributed by atoms with Crippen LogP contribution < -0.4 is 0 Å².